The maximum atomic E-state index is 12.1. The molecule has 0 aromatic carbocycles. The fraction of sp³-hybridized carbons (Fsp3) is 0.795. The summed E-state index contributed by atoms with van der Waals surface area (Å²) in [5.74, 6) is -0.605. The van der Waals surface area contributed by atoms with Gasteiger partial charge in [-0.1, -0.05) is 153 Å². The first-order valence-electron chi connectivity index (χ1n) is 18.5. The van der Waals surface area contributed by atoms with Crippen LogP contribution >= 0.6 is 0 Å². The number of aliphatic hydroxyl groups excluding tert-OH is 1. The minimum atomic E-state index is -0.774. The second-order valence-electron chi connectivity index (χ2n) is 12.3. The summed E-state index contributed by atoms with van der Waals surface area (Å²) in [6, 6.07) is 0. The lowest BCUT2D eigenvalue weighted by molar-refractivity contribution is -0.161. The zero-order valence-corrected chi connectivity index (χ0v) is 28.9. The first-order valence-corrected chi connectivity index (χ1v) is 18.5. The molecule has 1 atom stereocenters. The van der Waals surface area contributed by atoms with Gasteiger partial charge in [0.05, 0.1) is 6.61 Å². The van der Waals surface area contributed by atoms with Gasteiger partial charge in [0.2, 0.25) is 0 Å². The van der Waals surface area contributed by atoms with E-state index in [2.05, 4.69) is 50.3 Å². The minimum Gasteiger partial charge on any atom is -0.462 e. The lowest BCUT2D eigenvalue weighted by Crippen LogP contribution is -2.28. The number of hydrogen-bond acceptors (Lipinski definition) is 5. The topological polar surface area (TPSA) is 72.8 Å². The Morgan fingerprint density at radius 3 is 1.41 bits per heavy atom. The van der Waals surface area contributed by atoms with Gasteiger partial charge in [0.25, 0.3) is 0 Å². The van der Waals surface area contributed by atoms with Crippen molar-refractivity contribution in [1.29, 1.82) is 0 Å². The maximum Gasteiger partial charge on any atom is 0.306 e. The standard InChI is InChI=1S/C39H70O5/c1-3-5-7-9-11-13-15-16-17-18-19-20-21-22-24-26-28-30-32-34-39(42)44-37(35-40)36-43-38(41)33-31-29-27-25-23-14-12-10-8-6-4-2/h11,13,16-17,19-20,37,40H,3-10,12,14-15,18,21-36H2,1-2H3/b13-11-,17-16-,20-19-/t37-/m0/s1. The van der Waals surface area contributed by atoms with Crippen molar-refractivity contribution in [1.82, 2.24) is 0 Å². The predicted molar refractivity (Wildman–Crippen MR) is 187 cm³/mol. The van der Waals surface area contributed by atoms with Crippen LogP contribution < -0.4 is 0 Å². The van der Waals surface area contributed by atoms with Crippen molar-refractivity contribution in [3.63, 3.8) is 0 Å². The molecule has 1 N–H and O–H groups in total. The molecule has 256 valence electrons. The van der Waals surface area contributed by atoms with Crippen LogP contribution in [0.5, 0.6) is 0 Å². The van der Waals surface area contributed by atoms with Gasteiger partial charge < -0.3 is 14.6 Å². The molecule has 0 rings (SSSR count). The highest BCUT2D eigenvalue weighted by atomic mass is 16.6. The van der Waals surface area contributed by atoms with Crippen LogP contribution in [-0.2, 0) is 19.1 Å². The van der Waals surface area contributed by atoms with Gasteiger partial charge in [0, 0.05) is 12.8 Å². The van der Waals surface area contributed by atoms with Gasteiger partial charge in [-0.05, 0) is 51.4 Å². The van der Waals surface area contributed by atoms with E-state index in [0.29, 0.717) is 12.8 Å². The zero-order valence-electron chi connectivity index (χ0n) is 28.9. The van der Waals surface area contributed by atoms with E-state index in [9.17, 15) is 14.7 Å². The summed E-state index contributed by atoms with van der Waals surface area (Å²) < 4.78 is 10.6. The fourth-order valence-corrected chi connectivity index (χ4v) is 5.09. The number of esters is 2. The average Bonchev–Trinajstić information content (AvgIpc) is 3.02. The van der Waals surface area contributed by atoms with E-state index in [1.807, 2.05) is 0 Å². The van der Waals surface area contributed by atoms with Crippen molar-refractivity contribution in [3.05, 3.63) is 36.5 Å². The number of unbranched alkanes of at least 4 members (excludes halogenated alkanes) is 19. The molecule has 5 nitrogen and oxygen atoms in total. The smallest absolute Gasteiger partial charge is 0.306 e. The highest BCUT2D eigenvalue weighted by Gasteiger charge is 2.16. The van der Waals surface area contributed by atoms with E-state index in [1.54, 1.807) is 0 Å². The molecule has 44 heavy (non-hydrogen) atoms. The summed E-state index contributed by atoms with van der Waals surface area (Å²) in [5.41, 5.74) is 0. The first kappa shape index (κ1) is 42.1. The summed E-state index contributed by atoms with van der Waals surface area (Å²) >= 11 is 0. The molecule has 0 spiro atoms. The molecule has 0 radical (unpaired) electrons. The summed E-state index contributed by atoms with van der Waals surface area (Å²) in [5, 5.41) is 9.52. The Balaban J connectivity index is 3.59. The Kier molecular flexibility index (Phi) is 34.1. The Hall–Kier alpha value is -1.88. The highest BCUT2D eigenvalue weighted by molar-refractivity contribution is 5.70. The third kappa shape index (κ3) is 33.0. The normalized spacial score (nSPS) is 12.5. The van der Waals surface area contributed by atoms with Crippen LogP contribution in [0, 0.1) is 0 Å². The third-order valence-electron chi connectivity index (χ3n) is 7.94. The number of ether oxygens (including phenoxy) is 2. The molecule has 0 aliphatic heterocycles. The molecule has 0 heterocycles. The maximum absolute atomic E-state index is 12.1. The molecule has 0 amide bonds. The van der Waals surface area contributed by atoms with Crippen molar-refractivity contribution in [2.24, 2.45) is 0 Å². The Labute approximate surface area is 272 Å². The number of allylic oxidation sites excluding steroid dienone is 6. The molecule has 5 heteroatoms. The molecule has 0 aromatic heterocycles. The second kappa shape index (κ2) is 35.6. The minimum absolute atomic E-state index is 0.0691. The summed E-state index contributed by atoms with van der Waals surface area (Å²) in [6.07, 6.45) is 42.0. The van der Waals surface area contributed by atoms with Gasteiger partial charge in [-0.3, -0.25) is 9.59 Å². The van der Waals surface area contributed by atoms with Crippen molar-refractivity contribution in [2.45, 2.75) is 187 Å². The van der Waals surface area contributed by atoms with Crippen molar-refractivity contribution >= 4 is 11.9 Å². The summed E-state index contributed by atoms with van der Waals surface area (Å²) in [7, 11) is 0. The van der Waals surface area contributed by atoms with Gasteiger partial charge in [0.1, 0.15) is 6.61 Å². The quantitative estimate of drug-likeness (QED) is 0.0450. The van der Waals surface area contributed by atoms with Gasteiger partial charge in [0.15, 0.2) is 6.10 Å². The van der Waals surface area contributed by atoms with Crippen LogP contribution in [0.1, 0.15) is 181 Å². The summed E-state index contributed by atoms with van der Waals surface area (Å²) in [4.78, 5) is 24.2. The van der Waals surface area contributed by atoms with Crippen molar-refractivity contribution in [2.75, 3.05) is 13.2 Å². The summed E-state index contributed by atoms with van der Waals surface area (Å²) in [6.45, 7) is 4.08. The number of rotatable bonds is 33. The van der Waals surface area contributed by atoms with Crippen LogP contribution in [0.4, 0.5) is 0 Å². The van der Waals surface area contributed by atoms with Crippen LogP contribution in [0.3, 0.4) is 0 Å². The van der Waals surface area contributed by atoms with Crippen LogP contribution in [0.25, 0.3) is 0 Å². The number of carbonyl (C=O) groups is 2. The SMILES string of the molecule is CCCCC/C=C\C/C=C\C/C=C\CCCCCCCCC(=O)O[C@@H](CO)COC(=O)CCCCCCCCCCCCC. The Morgan fingerprint density at radius 1 is 0.523 bits per heavy atom. The van der Waals surface area contributed by atoms with E-state index in [1.165, 1.54) is 96.3 Å². The second-order valence-corrected chi connectivity index (χ2v) is 12.3. The Bertz CT molecular complexity index is 711. The van der Waals surface area contributed by atoms with E-state index in [4.69, 9.17) is 9.47 Å². The molecule has 0 unspecified atom stereocenters. The van der Waals surface area contributed by atoms with E-state index in [0.717, 1.165) is 57.8 Å². The van der Waals surface area contributed by atoms with Crippen LogP contribution in [0.15, 0.2) is 36.5 Å². The van der Waals surface area contributed by atoms with Gasteiger partial charge in [-0.2, -0.15) is 0 Å². The van der Waals surface area contributed by atoms with Gasteiger partial charge >= 0.3 is 11.9 Å². The lowest BCUT2D eigenvalue weighted by Gasteiger charge is -2.15. The number of aliphatic hydroxyl groups is 1. The number of carbonyl (C=O) groups excluding carboxylic acids is 2. The molecule has 0 saturated carbocycles. The average molecular weight is 619 g/mol. The lowest BCUT2D eigenvalue weighted by atomic mass is 10.1. The van der Waals surface area contributed by atoms with Crippen LogP contribution in [-0.4, -0.2) is 36.4 Å². The van der Waals surface area contributed by atoms with Crippen LogP contribution in [0.2, 0.25) is 0 Å². The predicted octanol–water partition coefficient (Wildman–Crippen LogP) is 11.3. The van der Waals surface area contributed by atoms with E-state index < -0.39 is 6.10 Å². The van der Waals surface area contributed by atoms with Crippen molar-refractivity contribution in [3.8, 4) is 0 Å². The fourth-order valence-electron chi connectivity index (χ4n) is 5.09. The first-order chi connectivity index (χ1) is 21.6. The van der Waals surface area contributed by atoms with Gasteiger partial charge in [-0.25, -0.2) is 0 Å². The van der Waals surface area contributed by atoms with E-state index in [-0.39, 0.29) is 25.2 Å². The van der Waals surface area contributed by atoms with E-state index >= 15 is 0 Å². The monoisotopic (exact) mass is 619 g/mol. The third-order valence-corrected chi connectivity index (χ3v) is 7.94. The molecule has 0 aromatic rings. The molecule has 0 aliphatic carbocycles. The van der Waals surface area contributed by atoms with Gasteiger partial charge in [-0.15, -0.1) is 0 Å². The Morgan fingerprint density at radius 2 is 0.909 bits per heavy atom. The van der Waals surface area contributed by atoms with Crippen molar-refractivity contribution < 1.29 is 24.2 Å². The highest BCUT2D eigenvalue weighted by Crippen LogP contribution is 2.13. The molecular formula is C39H70O5. The molecule has 0 bridgehead atoms. The molecule has 0 fully saturated rings. The number of hydrogen-bond donors (Lipinski definition) is 1. The molecule has 0 aliphatic rings. The largest absolute Gasteiger partial charge is 0.462 e. The zero-order chi connectivity index (χ0) is 32.2. The molecular weight excluding hydrogens is 548 g/mol. The molecule has 0 saturated heterocycles.